The minimum Gasteiger partial charge on any atom is -0.360 e. The molecule has 1 aliphatic heterocycles. The summed E-state index contributed by atoms with van der Waals surface area (Å²) in [5, 5.41) is 4.19. The van der Waals surface area contributed by atoms with Crippen LogP contribution in [0.3, 0.4) is 0 Å². The summed E-state index contributed by atoms with van der Waals surface area (Å²) in [7, 11) is 0. The molecule has 1 aliphatic rings. The van der Waals surface area contributed by atoms with E-state index in [4.69, 9.17) is 4.52 Å². The summed E-state index contributed by atoms with van der Waals surface area (Å²) in [6, 6.07) is 9.85. The fourth-order valence-corrected chi connectivity index (χ4v) is 2.78. The van der Waals surface area contributed by atoms with Crippen LogP contribution in [0.4, 0.5) is 0 Å². The summed E-state index contributed by atoms with van der Waals surface area (Å²) in [6.45, 7) is 1.06. The molecule has 0 bridgehead atoms. The Morgan fingerprint density at radius 3 is 2.83 bits per heavy atom. The highest BCUT2D eigenvalue weighted by Crippen LogP contribution is 2.30. The molecule has 0 saturated carbocycles. The van der Waals surface area contributed by atoms with Crippen LogP contribution in [0, 0.1) is 0 Å². The quantitative estimate of drug-likeness (QED) is 0.726. The van der Waals surface area contributed by atoms with Gasteiger partial charge in [-0.2, -0.15) is 0 Å². The van der Waals surface area contributed by atoms with Crippen molar-refractivity contribution in [3.05, 3.63) is 65.9 Å². The van der Waals surface area contributed by atoms with Gasteiger partial charge >= 0.3 is 0 Å². The number of hydrogen-bond acceptors (Lipinski definition) is 5. The highest BCUT2D eigenvalue weighted by molar-refractivity contribution is 5.92. The average molecular weight is 306 g/mol. The maximum Gasteiger partial charge on any atom is 0.274 e. The van der Waals surface area contributed by atoms with Gasteiger partial charge in [-0.05, 0) is 0 Å². The van der Waals surface area contributed by atoms with Crippen molar-refractivity contribution in [3.63, 3.8) is 0 Å². The fraction of sp³-hybridized carbons (Fsp3) is 0.176. The minimum absolute atomic E-state index is 0.121. The van der Waals surface area contributed by atoms with Gasteiger partial charge in [0.25, 0.3) is 5.91 Å². The van der Waals surface area contributed by atoms with Gasteiger partial charge in [-0.1, -0.05) is 35.5 Å². The van der Waals surface area contributed by atoms with Crippen LogP contribution in [-0.4, -0.2) is 32.5 Å². The lowest BCUT2D eigenvalue weighted by molar-refractivity contribution is 0.0722. The van der Waals surface area contributed by atoms with Gasteiger partial charge in [0.2, 0.25) is 0 Å². The number of nitrogens with zero attached hydrogens (tertiary/aromatic N) is 4. The third kappa shape index (κ3) is 2.48. The molecule has 1 aromatic carbocycles. The van der Waals surface area contributed by atoms with Crippen LogP contribution in [0.25, 0.3) is 11.3 Å². The second-order valence-corrected chi connectivity index (χ2v) is 5.37. The van der Waals surface area contributed by atoms with E-state index in [9.17, 15) is 4.79 Å². The molecule has 0 unspecified atom stereocenters. The van der Waals surface area contributed by atoms with E-state index in [0.29, 0.717) is 25.2 Å². The highest BCUT2D eigenvalue weighted by atomic mass is 16.5. The third-order valence-electron chi connectivity index (χ3n) is 3.94. The normalized spacial score (nSPS) is 13.7. The van der Waals surface area contributed by atoms with Crippen molar-refractivity contribution in [2.45, 2.75) is 13.0 Å². The Morgan fingerprint density at radius 1 is 1.17 bits per heavy atom. The van der Waals surface area contributed by atoms with Crippen LogP contribution >= 0.6 is 0 Å². The Labute approximate surface area is 132 Å². The van der Waals surface area contributed by atoms with Crippen LogP contribution < -0.4 is 0 Å². The lowest BCUT2D eigenvalue weighted by atomic mass is 10.0. The lowest BCUT2D eigenvalue weighted by Gasteiger charge is -2.25. The molecule has 6 nitrogen and oxygen atoms in total. The van der Waals surface area contributed by atoms with E-state index in [2.05, 4.69) is 15.1 Å². The van der Waals surface area contributed by atoms with Crippen LogP contribution in [0.5, 0.6) is 0 Å². The summed E-state index contributed by atoms with van der Waals surface area (Å²) < 4.78 is 5.46. The molecule has 1 amide bonds. The number of benzene rings is 1. The van der Waals surface area contributed by atoms with Gasteiger partial charge in [-0.3, -0.25) is 9.78 Å². The smallest absolute Gasteiger partial charge is 0.274 e. The number of amides is 1. The van der Waals surface area contributed by atoms with E-state index < -0.39 is 0 Å². The topological polar surface area (TPSA) is 72.1 Å². The highest BCUT2D eigenvalue weighted by Gasteiger charge is 2.28. The maximum absolute atomic E-state index is 12.6. The molecule has 3 heterocycles. The molecule has 3 aromatic rings. The Balaban J connectivity index is 1.64. The maximum atomic E-state index is 12.6. The van der Waals surface area contributed by atoms with Crippen LogP contribution in [0.1, 0.15) is 21.8 Å². The van der Waals surface area contributed by atoms with Gasteiger partial charge < -0.3 is 9.42 Å². The number of aromatic nitrogens is 3. The first kappa shape index (κ1) is 13.6. The molecular formula is C17H14N4O2. The molecule has 23 heavy (non-hydrogen) atoms. The number of carbonyl (C=O) groups excluding carboxylic acids is 1. The average Bonchev–Trinajstić information content (AvgIpc) is 3.05. The first-order valence-corrected chi connectivity index (χ1v) is 7.41. The summed E-state index contributed by atoms with van der Waals surface area (Å²) in [5.41, 5.74) is 3.12. The zero-order valence-electron chi connectivity index (χ0n) is 12.3. The molecule has 0 fully saturated rings. The Bertz CT molecular complexity index is 830. The molecule has 4 rings (SSSR count). The van der Waals surface area contributed by atoms with Crippen molar-refractivity contribution in [3.8, 4) is 11.3 Å². The first-order chi connectivity index (χ1) is 11.3. The number of carbonyl (C=O) groups is 1. The lowest BCUT2D eigenvalue weighted by Crippen LogP contribution is -2.36. The largest absolute Gasteiger partial charge is 0.360 e. The summed E-state index contributed by atoms with van der Waals surface area (Å²) in [6.07, 6.45) is 5.22. The van der Waals surface area contributed by atoms with Crippen LogP contribution in [-0.2, 0) is 13.0 Å². The first-order valence-electron chi connectivity index (χ1n) is 7.41. The van der Waals surface area contributed by atoms with Crippen molar-refractivity contribution in [1.82, 2.24) is 20.0 Å². The molecule has 0 saturated heterocycles. The van der Waals surface area contributed by atoms with E-state index in [-0.39, 0.29) is 5.91 Å². The van der Waals surface area contributed by atoms with E-state index in [1.54, 1.807) is 11.1 Å². The summed E-state index contributed by atoms with van der Waals surface area (Å²) >= 11 is 0. The fourth-order valence-electron chi connectivity index (χ4n) is 2.78. The Morgan fingerprint density at radius 2 is 2.04 bits per heavy atom. The standard InChI is InChI=1S/C17H14N4O2/c22-17(14-10-18-7-8-19-14)21-9-6-15-13(11-21)16(20-23-15)12-4-2-1-3-5-12/h1-5,7-8,10H,6,9,11H2. The molecule has 0 atom stereocenters. The Hall–Kier alpha value is -3.02. The molecular weight excluding hydrogens is 292 g/mol. The van der Waals surface area contributed by atoms with E-state index in [0.717, 1.165) is 22.6 Å². The van der Waals surface area contributed by atoms with E-state index in [1.165, 1.54) is 12.4 Å². The van der Waals surface area contributed by atoms with Gasteiger partial charge in [0.05, 0.1) is 12.7 Å². The zero-order chi connectivity index (χ0) is 15.6. The van der Waals surface area contributed by atoms with Gasteiger partial charge in [-0.25, -0.2) is 4.98 Å². The Kier molecular flexibility index (Phi) is 3.34. The number of fused-ring (bicyclic) bond motifs is 1. The van der Waals surface area contributed by atoms with Crippen LogP contribution in [0.15, 0.2) is 53.4 Å². The van der Waals surface area contributed by atoms with Gasteiger partial charge in [-0.15, -0.1) is 0 Å². The molecule has 6 heteroatoms. The monoisotopic (exact) mass is 306 g/mol. The van der Waals surface area contributed by atoms with E-state index in [1.807, 2.05) is 30.3 Å². The summed E-state index contributed by atoms with van der Waals surface area (Å²) in [4.78, 5) is 22.4. The SMILES string of the molecule is O=C(c1cnccn1)N1CCc2onc(-c3ccccc3)c2C1. The zero-order valence-corrected chi connectivity index (χ0v) is 12.3. The van der Waals surface area contributed by atoms with E-state index >= 15 is 0 Å². The second-order valence-electron chi connectivity index (χ2n) is 5.37. The number of hydrogen-bond donors (Lipinski definition) is 0. The minimum atomic E-state index is -0.121. The molecule has 114 valence electrons. The molecule has 0 aliphatic carbocycles. The van der Waals surface area contributed by atoms with Crippen molar-refractivity contribution in [1.29, 1.82) is 0 Å². The van der Waals surface area contributed by atoms with Gasteiger partial charge in [0.1, 0.15) is 17.1 Å². The molecule has 0 spiro atoms. The molecule has 0 radical (unpaired) electrons. The third-order valence-corrected chi connectivity index (χ3v) is 3.94. The van der Waals surface area contributed by atoms with Crippen LogP contribution in [0.2, 0.25) is 0 Å². The van der Waals surface area contributed by atoms with Gasteiger partial charge in [0, 0.05) is 36.5 Å². The predicted octanol–water partition coefficient (Wildman–Crippen LogP) is 2.33. The van der Waals surface area contributed by atoms with Crippen molar-refractivity contribution in [2.24, 2.45) is 0 Å². The second kappa shape index (κ2) is 5.64. The van der Waals surface area contributed by atoms with Crippen molar-refractivity contribution < 1.29 is 9.32 Å². The predicted molar refractivity (Wildman–Crippen MR) is 82.4 cm³/mol. The summed E-state index contributed by atoms with van der Waals surface area (Å²) in [5.74, 6) is 0.732. The van der Waals surface area contributed by atoms with Crippen molar-refractivity contribution in [2.75, 3.05) is 6.54 Å². The van der Waals surface area contributed by atoms with Gasteiger partial charge in [0.15, 0.2) is 0 Å². The molecule has 0 N–H and O–H groups in total. The van der Waals surface area contributed by atoms with Crippen molar-refractivity contribution >= 4 is 5.91 Å². The molecule has 2 aromatic heterocycles. The number of rotatable bonds is 2.